The molecule has 1 atom stereocenters. The third-order valence-electron chi connectivity index (χ3n) is 2.81. The number of hydrogen-bond donors (Lipinski definition) is 1. The Bertz CT molecular complexity index is 555. The minimum atomic E-state index is -0.323. The quantitative estimate of drug-likeness (QED) is 0.915. The zero-order valence-corrected chi connectivity index (χ0v) is 11.3. The van der Waals surface area contributed by atoms with Crippen LogP contribution in [0.1, 0.15) is 24.1 Å². The molecule has 0 amide bonds. The molecule has 0 aromatic heterocycles. The lowest BCUT2D eigenvalue weighted by molar-refractivity contribution is 0.300. The lowest BCUT2D eigenvalue weighted by Crippen LogP contribution is -2.04. The van der Waals surface area contributed by atoms with Crippen LogP contribution in [0.5, 0.6) is 5.75 Å². The molecule has 19 heavy (non-hydrogen) atoms. The number of hydrogen-bond acceptors (Lipinski definition) is 2. The summed E-state index contributed by atoms with van der Waals surface area (Å²) >= 11 is 5.82. The smallest absolute Gasteiger partial charge is 0.129 e. The molecule has 0 fully saturated rings. The van der Waals surface area contributed by atoms with Gasteiger partial charge >= 0.3 is 0 Å². The zero-order valence-electron chi connectivity index (χ0n) is 10.6. The second-order valence-corrected chi connectivity index (χ2v) is 4.82. The van der Waals surface area contributed by atoms with Crippen molar-refractivity contribution in [3.63, 3.8) is 0 Å². The molecule has 2 aromatic rings. The van der Waals surface area contributed by atoms with Gasteiger partial charge in [-0.2, -0.15) is 0 Å². The van der Waals surface area contributed by atoms with E-state index in [0.29, 0.717) is 16.3 Å². The summed E-state index contributed by atoms with van der Waals surface area (Å²) in [6.07, 6.45) is 0. The van der Waals surface area contributed by atoms with Gasteiger partial charge in [0, 0.05) is 16.6 Å². The van der Waals surface area contributed by atoms with Crippen molar-refractivity contribution in [3.8, 4) is 5.75 Å². The molecule has 2 aromatic carbocycles. The Balaban J connectivity index is 2.04. The second-order valence-electron chi connectivity index (χ2n) is 4.38. The van der Waals surface area contributed by atoms with Crippen LogP contribution < -0.4 is 10.5 Å². The zero-order chi connectivity index (χ0) is 13.8. The van der Waals surface area contributed by atoms with Crippen LogP contribution in [0, 0.1) is 5.82 Å². The van der Waals surface area contributed by atoms with Crippen molar-refractivity contribution in [1.82, 2.24) is 0 Å². The Labute approximate surface area is 117 Å². The maximum Gasteiger partial charge on any atom is 0.129 e. The summed E-state index contributed by atoms with van der Waals surface area (Å²) < 4.78 is 19.0. The number of benzene rings is 2. The second kappa shape index (κ2) is 6.04. The molecule has 0 aliphatic carbocycles. The first-order chi connectivity index (χ1) is 9.06. The molecular formula is C15H15ClFNO. The van der Waals surface area contributed by atoms with Crippen LogP contribution in [0.2, 0.25) is 5.02 Å². The van der Waals surface area contributed by atoms with E-state index in [1.165, 1.54) is 12.1 Å². The molecule has 0 aliphatic rings. The molecule has 0 aliphatic heterocycles. The fourth-order valence-corrected chi connectivity index (χ4v) is 1.88. The van der Waals surface area contributed by atoms with Crippen molar-refractivity contribution < 1.29 is 9.13 Å². The minimum absolute atomic E-state index is 0.0144. The van der Waals surface area contributed by atoms with E-state index in [1.54, 1.807) is 6.07 Å². The van der Waals surface area contributed by atoms with E-state index in [4.69, 9.17) is 22.1 Å². The van der Waals surface area contributed by atoms with E-state index in [1.807, 2.05) is 31.2 Å². The first-order valence-corrected chi connectivity index (χ1v) is 6.36. The summed E-state index contributed by atoms with van der Waals surface area (Å²) in [4.78, 5) is 0. The molecular weight excluding hydrogens is 265 g/mol. The number of rotatable bonds is 4. The van der Waals surface area contributed by atoms with Crippen LogP contribution >= 0.6 is 11.6 Å². The van der Waals surface area contributed by atoms with Gasteiger partial charge < -0.3 is 10.5 Å². The van der Waals surface area contributed by atoms with E-state index >= 15 is 0 Å². The predicted octanol–water partition coefficient (Wildman–Crippen LogP) is 4.08. The van der Waals surface area contributed by atoms with Crippen molar-refractivity contribution in [3.05, 3.63) is 64.4 Å². The summed E-state index contributed by atoms with van der Waals surface area (Å²) in [7, 11) is 0. The fourth-order valence-electron chi connectivity index (χ4n) is 1.68. The molecule has 2 nitrogen and oxygen atoms in total. The van der Waals surface area contributed by atoms with E-state index in [-0.39, 0.29) is 18.5 Å². The average Bonchev–Trinajstić information content (AvgIpc) is 2.40. The van der Waals surface area contributed by atoms with Crippen LogP contribution in [0.3, 0.4) is 0 Å². The van der Waals surface area contributed by atoms with Gasteiger partial charge in [0.05, 0.1) is 0 Å². The third kappa shape index (κ3) is 3.69. The summed E-state index contributed by atoms with van der Waals surface area (Å²) in [5, 5.41) is 0.493. The van der Waals surface area contributed by atoms with Crippen molar-refractivity contribution in [2.24, 2.45) is 5.73 Å². The van der Waals surface area contributed by atoms with Crippen molar-refractivity contribution >= 4 is 11.6 Å². The van der Waals surface area contributed by atoms with E-state index in [2.05, 4.69) is 0 Å². The van der Waals surface area contributed by atoms with Crippen molar-refractivity contribution in [1.29, 1.82) is 0 Å². The van der Waals surface area contributed by atoms with Gasteiger partial charge in [-0.15, -0.1) is 0 Å². The average molecular weight is 280 g/mol. The van der Waals surface area contributed by atoms with Gasteiger partial charge in [0.2, 0.25) is 0 Å². The highest BCUT2D eigenvalue weighted by molar-refractivity contribution is 6.30. The van der Waals surface area contributed by atoms with Crippen LogP contribution in [-0.2, 0) is 6.61 Å². The summed E-state index contributed by atoms with van der Waals surface area (Å²) in [6, 6.07) is 11.8. The largest absolute Gasteiger partial charge is 0.489 e. The van der Waals surface area contributed by atoms with Gasteiger partial charge in [0.25, 0.3) is 0 Å². The Morgan fingerprint density at radius 2 is 1.89 bits per heavy atom. The van der Waals surface area contributed by atoms with Crippen LogP contribution in [0.4, 0.5) is 4.39 Å². The highest BCUT2D eigenvalue weighted by atomic mass is 35.5. The lowest BCUT2D eigenvalue weighted by Gasteiger charge is -2.09. The Hall–Kier alpha value is -1.58. The number of nitrogens with two attached hydrogens (primary N) is 1. The maximum absolute atomic E-state index is 13.5. The molecule has 0 saturated heterocycles. The van der Waals surface area contributed by atoms with Gasteiger partial charge in [-0.25, -0.2) is 4.39 Å². The van der Waals surface area contributed by atoms with Crippen LogP contribution in [0.25, 0.3) is 0 Å². The van der Waals surface area contributed by atoms with E-state index in [0.717, 1.165) is 5.56 Å². The number of halogens is 2. The molecule has 0 bridgehead atoms. The van der Waals surface area contributed by atoms with E-state index in [9.17, 15) is 4.39 Å². The summed E-state index contributed by atoms with van der Waals surface area (Å²) in [5.74, 6) is 0.348. The molecule has 2 N–H and O–H groups in total. The Kier molecular flexibility index (Phi) is 4.40. The molecule has 0 heterocycles. The summed E-state index contributed by atoms with van der Waals surface area (Å²) in [6.45, 7) is 2.06. The Morgan fingerprint density at radius 1 is 1.21 bits per heavy atom. The molecule has 1 unspecified atom stereocenters. The van der Waals surface area contributed by atoms with Crippen molar-refractivity contribution in [2.45, 2.75) is 19.6 Å². The molecule has 2 rings (SSSR count). The SMILES string of the molecule is CC(N)c1ccc(OCc2cc(Cl)ccc2F)cc1. The lowest BCUT2D eigenvalue weighted by atomic mass is 10.1. The maximum atomic E-state index is 13.5. The standard InChI is InChI=1S/C15H15ClFNO/c1-10(18)11-2-5-14(6-3-11)19-9-12-8-13(16)4-7-15(12)17/h2-8,10H,9,18H2,1H3. The molecule has 0 spiro atoms. The fraction of sp³-hybridized carbons (Fsp3) is 0.200. The van der Waals surface area contributed by atoms with Gasteiger partial charge in [0.1, 0.15) is 18.2 Å². The molecule has 4 heteroatoms. The highest BCUT2D eigenvalue weighted by Gasteiger charge is 2.05. The van der Waals surface area contributed by atoms with Gasteiger partial charge in [-0.1, -0.05) is 23.7 Å². The predicted molar refractivity (Wildman–Crippen MR) is 74.8 cm³/mol. The van der Waals surface area contributed by atoms with Gasteiger partial charge in [-0.05, 0) is 42.8 Å². The topological polar surface area (TPSA) is 35.2 Å². The first-order valence-electron chi connectivity index (χ1n) is 5.98. The van der Waals surface area contributed by atoms with Crippen molar-refractivity contribution in [2.75, 3.05) is 0 Å². The number of ether oxygens (including phenoxy) is 1. The molecule has 0 radical (unpaired) electrons. The monoisotopic (exact) mass is 279 g/mol. The first kappa shape index (κ1) is 13.8. The third-order valence-corrected chi connectivity index (χ3v) is 3.04. The highest BCUT2D eigenvalue weighted by Crippen LogP contribution is 2.19. The van der Waals surface area contributed by atoms with E-state index < -0.39 is 0 Å². The Morgan fingerprint density at radius 3 is 2.53 bits per heavy atom. The summed E-state index contributed by atoms with van der Waals surface area (Å²) in [5.41, 5.74) is 7.22. The van der Waals surface area contributed by atoms with Gasteiger partial charge in [-0.3, -0.25) is 0 Å². The molecule has 0 saturated carbocycles. The van der Waals surface area contributed by atoms with Gasteiger partial charge in [0.15, 0.2) is 0 Å². The van der Waals surface area contributed by atoms with Crippen LogP contribution in [-0.4, -0.2) is 0 Å². The minimum Gasteiger partial charge on any atom is -0.489 e. The molecule has 100 valence electrons. The normalized spacial score (nSPS) is 12.2. The van der Waals surface area contributed by atoms with Crippen LogP contribution in [0.15, 0.2) is 42.5 Å².